The Hall–Kier alpha value is -2.90. The lowest BCUT2D eigenvalue weighted by molar-refractivity contribution is -0.192. The SMILES string of the molecule is COc1nc(C2CCC(N3C[C@H](C(=O)N(C)C)OC[C@@H]3Cc3ccc(Cl)cc3)CC2)nn1C.O=C(O)C(F)(F)F. The molecule has 14 heteroatoms. The fourth-order valence-electron chi connectivity index (χ4n) is 5.08. The first-order valence-electron chi connectivity index (χ1n) is 12.9. The Bertz CT molecular complexity index is 1140. The Morgan fingerprint density at radius 2 is 1.77 bits per heavy atom. The topological polar surface area (TPSA) is 110 Å². The Morgan fingerprint density at radius 3 is 2.27 bits per heavy atom. The second-order valence-electron chi connectivity index (χ2n) is 10.1. The van der Waals surface area contributed by atoms with Crippen molar-refractivity contribution < 1.29 is 37.3 Å². The first-order chi connectivity index (χ1) is 18.8. The van der Waals surface area contributed by atoms with Gasteiger partial charge in [0, 0.05) is 50.7 Å². The number of aliphatic carboxylic acids is 1. The van der Waals surface area contributed by atoms with E-state index in [0.717, 1.165) is 43.0 Å². The standard InChI is InChI=1S/C24H34ClN5O3.C2HF3O2/c1-28(2)23(31)21-14-30(20(15-33-21)13-16-5-9-18(25)10-6-16)19-11-7-17(8-12-19)22-26-24(32-4)29(3)27-22;3-2(4,5)1(6)7/h5-6,9-10,17,19-21H,7-8,11-15H2,1-4H3;(H,6,7)/t17?,19?,20-,21+;/m0./s1. The summed E-state index contributed by atoms with van der Waals surface area (Å²) < 4.78 is 44.8. The summed E-state index contributed by atoms with van der Waals surface area (Å²) in [5.41, 5.74) is 1.23. The molecule has 222 valence electrons. The zero-order valence-electron chi connectivity index (χ0n) is 22.9. The van der Waals surface area contributed by atoms with Crippen LogP contribution in [0.2, 0.25) is 5.02 Å². The minimum absolute atomic E-state index is 0.0309. The fourth-order valence-corrected chi connectivity index (χ4v) is 5.20. The maximum Gasteiger partial charge on any atom is 0.490 e. The molecule has 0 unspecified atom stereocenters. The number of likely N-dealkylation sites (N-methyl/N-ethyl adjacent to an activating group) is 1. The lowest BCUT2D eigenvalue weighted by Gasteiger charge is -2.46. The van der Waals surface area contributed by atoms with Crippen LogP contribution in [0.3, 0.4) is 0 Å². The van der Waals surface area contributed by atoms with Crippen molar-refractivity contribution in [3.63, 3.8) is 0 Å². The normalized spacial score (nSPS) is 23.6. The highest BCUT2D eigenvalue weighted by atomic mass is 35.5. The molecule has 1 aromatic carbocycles. The number of aromatic nitrogens is 3. The van der Waals surface area contributed by atoms with Crippen LogP contribution in [-0.4, -0.2) is 100 Å². The fraction of sp³-hybridized carbons (Fsp3) is 0.615. The van der Waals surface area contributed by atoms with E-state index >= 15 is 0 Å². The number of carboxylic acid groups (broad SMARTS) is 1. The highest BCUT2D eigenvalue weighted by Crippen LogP contribution is 2.36. The number of methoxy groups -OCH3 is 1. The third-order valence-corrected chi connectivity index (χ3v) is 7.38. The molecular formula is C26H35ClF3N5O5. The van der Waals surface area contributed by atoms with Crippen LogP contribution in [-0.2, 0) is 27.8 Å². The maximum atomic E-state index is 12.7. The zero-order chi connectivity index (χ0) is 29.6. The lowest BCUT2D eigenvalue weighted by atomic mass is 9.83. The summed E-state index contributed by atoms with van der Waals surface area (Å²) >= 11 is 6.08. The molecule has 1 saturated heterocycles. The number of hydrogen-bond acceptors (Lipinski definition) is 7. The van der Waals surface area contributed by atoms with Gasteiger partial charge in [0.2, 0.25) is 0 Å². The Balaban J connectivity index is 0.000000559. The molecule has 0 radical (unpaired) electrons. The van der Waals surface area contributed by atoms with Crippen LogP contribution in [0.1, 0.15) is 43.0 Å². The molecule has 1 aliphatic heterocycles. The van der Waals surface area contributed by atoms with Gasteiger partial charge in [0.15, 0.2) is 5.82 Å². The van der Waals surface area contributed by atoms with Crippen molar-refractivity contribution in [1.82, 2.24) is 24.6 Å². The molecule has 1 aromatic heterocycles. The van der Waals surface area contributed by atoms with E-state index in [4.69, 9.17) is 31.0 Å². The minimum atomic E-state index is -5.08. The van der Waals surface area contributed by atoms with Gasteiger partial charge in [-0.1, -0.05) is 23.7 Å². The number of hydrogen-bond donors (Lipinski definition) is 1. The van der Waals surface area contributed by atoms with Crippen molar-refractivity contribution in [3.05, 3.63) is 40.7 Å². The highest BCUT2D eigenvalue weighted by molar-refractivity contribution is 6.30. The predicted molar refractivity (Wildman–Crippen MR) is 140 cm³/mol. The van der Waals surface area contributed by atoms with Crippen LogP contribution in [0.15, 0.2) is 24.3 Å². The molecule has 40 heavy (non-hydrogen) atoms. The zero-order valence-corrected chi connectivity index (χ0v) is 23.7. The van der Waals surface area contributed by atoms with Crippen molar-refractivity contribution >= 4 is 23.5 Å². The van der Waals surface area contributed by atoms with Gasteiger partial charge < -0.3 is 19.5 Å². The van der Waals surface area contributed by atoms with E-state index in [-0.39, 0.29) is 11.9 Å². The summed E-state index contributed by atoms with van der Waals surface area (Å²) in [6.07, 6.45) is -0.486. The van der Waals surface area contributed by atoms with Gasteiger partial charge in [0.05, 0.1) is 13.7 Å². The van der Waals surface area contributed by atoms with Gasteiger partial charge in [0.1, 0.15) is 6.10 Å². The number of halogens is 4. The number of carbonyl (C=O) groups is 2. The second-order valence-corrected chi connectivity index (χ2v) is 10.6. The minimum Gasteiger partial charge on any atom is -0.475 e. The molecule has 1 aliphatic carbocycles. The molecule has 0 bridgehead atoms. The number of ether oxygens (including phenoxy) is 2. The number of carboxylic acids is 1. The Kier molecular flexibility index (Phi) is 10.8. The van der Waals surface area contributed by atoms with E-state index < -0.39 is 18.2 Å². The van der Waals surface area contributed by atoms with E-state index in [1.807, 2.05) is 19.2 Å². The monoisotopic (exact) mass is 589 g/mol. The number of morpholine rings is 1. The average Bonchev–Trinajstić information content (AvgIpc) is 3.30. The third kappa shape index (κ3) is 8.31. The number of nitrogens with zero attached hydrogens (tertiary/aromatic N) is 5. The summed E-state index contributed by atoms with van der Waals surface area (Å²) in [5, 5.41) is 12.4. The molecular weight excluding hydrogens is 555 g/mol. The van der Waals surface area contributed by atoms with E-state index in [2.05, 4.69) is 27.1 Å². The summed E-state index contributed by atoms with van der Waals surface area (Å²) in [4.78, 5) is 30.3. The average molecular weight is 590 g/mol. The van der Waals surface area contributed by atoms with Gasteiger partial charge in [0.25, 0.3) is 5.91 Å². The summed E-state index contributed by atoms with van der Waals surface area (Å²) in [7, 11) is 7.05. The van der Waals surface area contributed by atoms with Crippen LogP contribution in [0.4, 0.5) is 13.2 Å². The lowest BCUT2D eigenvalue weighted by Crippen LogP contribution is -2.58. The van der Waals surface area contributed by atoms with Gasteiger partial charge >= 0.3 is 18.2 Å². The first-order valence-corrected chi connectivity index (χ1v) is 13.3. The van der Waals surface area contributed by atoms with E-state index in [9.17, 15) is 18.0 Å². The van der Waals surface area contributed by atoms with Gasteiger partial charge in [-0.3, -0.25) is 9.69 Å². The Morgan fingerprint density at radius 1 is 1.18 bits per heavy atom. The number of rotatable bonds is 6. The number of benzene rings is 1. The molecule has 2 aromatic rings. The van der Waals surface area contributed by atoms with Crippen LogP contribution < -0.4 is 4.74 Å². The van der Waals surface area contributed by atoms with Crippen molar-refractivity contribution in [2.75, 3.05) is 34.4 Å². The molecule has 2 heterocycles. The molecule has 1 amide bonds. The number of aryl methyl sites for hydroxylation is 1. The van der Waals surface area contributed by atoms with Gasteiger partial charge in [-0.05, 0) is 49.8 Å². The van der Waals surface area contributed by atoms with Gasteiger partial charge in [-0.15, -0.1) is 0 Å². The summed E-state index contributed by atoms with van der Waals surface area (Å²) in [6.45, 7) is 1.17. The smallest absolute Gasteiger partial charge is 0.475 e. The van der Waals surface area contributed by atoms with E-state index in [1.54, 1.807) is 30.8 Å². The molecule has 10 nitrogen and oxygen atoms in total. The molecule has 0 spiro atoms. The van der Waals surface area contributed by atoms with Crippen molar-refractivity contribution in [1.29, 1.82) is 0 Å². The summed E-state index contributed by atoms with van der Waals surface area (Å²) in [5.74, 6) is -1.52. The highest BCUT2D eigenvalue weighted by Gasteiger charge is 2.39. The van der Waals surface area contributed by atoms with E-state index in [0.29, 0.717) is 31.1 Å². The predicted octanol–water partition coefficient (Wildman–Crippen LogP) is 3.54. The van der Waals surface area contributed by atoms with E-state index in [1.165, 1.54) is 5.56 Å². The number of amides is 1. The first kappa shape index (κ1) is 31.6. The molecule has 4 rings (SSSR count). The molecule has 1 N–H and O–H groups in total. The van der Waals surface area contributed by atoms with Crippen LogP contribution in [0.5, 0.6) is 6.01 Å². The van der Waals surface area contributed by atoms with Crippen molar-refractivity contribution in [2.24, 2.45) is 7.05 Å². The number of carbonyl (C=O) groups excluding carboxylic acids is 1. The Labute approximate surface area is 236 Å². The molecule has 2 fully saturated rings. The molecule has 2 aliphatic rings. The van der Waals surface area contributed by atoms with Crippen LogP contribution >= 0.6 is 11.6 Å². The van der Waals surface area contributed by atoms with Crippen molar-refractivity contribution in [2.45, 2.75) is 62.4 Å². The largest absolute Gasteiger partial charge is 0.490 e. The summed E-state index contributed by atoms with van der Waals surface area (Å²) in [6, 6.07) is 9.21. The second kappa shape index (κ2) is 13.6. The third-order valence-electron chi connectivity index (χ3n) is 7.13. The molecule has 1 saturated carbocycles. The molecule has 2 atom stereocenters. The maximum absolute atomic E-state index is 12.7. The van der Waals surface area contributed by atoms with Crippen LogP contribution in [0.25, 0.3) is 0 Å². The van der Waals surface area contributed by atoms with Gasteiger partial charge in [-0.2, -0.15) is 23.3 Å². The quantitative estimate of drug-likeness (QED) is 0.545. The number of alkyl halides is 3. The van der Waals surface area contributed by atoms with Gasteiger partial charge in [-0.25, -0.2) is 9.48 Å². The van der Waals surface area contributed by atoms with Crippen LogP contribution in [0, 0.1) is 0 Å². The van der Waals surface area contributed by atoms with Crippen molar-refractivity contribution in [3.8, 4) is 6.01 Å².